The number of hydrogen-bond acceptors (Lipinski definition) is 4. The van der Waals surface area contributed by atoms with E-state index in [1.165, 1.54) is 0 Å². The van der Waals surface area contributed by atoms with Crippen LogP contribution in [0.5, 0.6) is 11.5 Å². The van der Waals surface area contributed by atoms with Crippen molar-refractivity contribution in [1.29, 1.82) is 0 Å². The summed E-state index contributed by atoms with van der Waals surface area (Å²) in [4.78, 5) is 0. The van der Waals surface area contributed by atoms with Crippen LogP contribution < -0.4 is 15.9 Å². The summed E-state index contributed by atoms with van der Waals surface area (Å²) in [5, 5.41) is 10.6. The highest BCUT2D eigenvalue weighted by molar-refractivity contribution is 6.65. The maximum atomic E-state index is 9.77. The second-order valence-corrected chi connectivity index (χ2v) is 5.47. The smallest absolute Gasteiger partial charge is 0.454 e. The Bertz CT molecular complexity index is 696. The van der Waals surface area contributed by atoms with Crippen LogP contribution in [0, 0.1) is 0 Å². The van der Waals surface area contributed by atoms with Crippen LogP contribution in [0.15, 0.2) is 30.3 Å². The Labute approximate surface area is 132 Å². The molecule has 3 N–H and O–H groups in total. The van der Waals surface area contributed by atoms with Crippen LogP contribution in [0.3, 0.4) is 0 Å². The summed E-state index contributed by atoms with van der Waals surface area (Å²) in [7, 11) is -1.02. The van der Waals surface area contributed by atoms with Crippen LogP contribution in [0.4, 0.5) is 0 Å². The quantitative estimate of drug-likeness (QED) is 0.852. The van der Waals surface area contributed by atoms with Gasteiger partial charge in [0.05, 0.1) is 16.7 Å². The van der Waals surface area contributed by atoms with Gasteiger partial charge in [-0.2, -0.15) is 0 Å². The molecule has 0 aliphatic carbocycles. The Morgan fingerprint density at radius 2 is 2.00 bits per heavy atom. The van der Waals surface area contributed by atoms with E-state index in [-0.39, 0.29) is 0 Å². The van der Waals surface area contributed by atoms with Crippen molar-refractivity contribution < 1.29 is 14.4 Å². The fraction of sp³-hybridized carbons (Fsp3) is 0.143. The van der Waals surface area contributed by atoms with Crippen molar-refractivity contribution in [3.8, 4) is 11.5 Å². The van der Waals surface area contributed by atoms with E-state index in [1.54, 1.807) is 18.2 Å². The van der Waals surface area contributed by atoms with Gasteiger partial charge in [0.15, 0.2) is 0 Å². The first-order chi connectivity index (χ1) is 10.1. The average Bonchev–Trinajstić information content (AvgIpc) is 2.86. The first-order valence-corrected chi connectivity index (χ1v) is 7.13. The van der Waals surface area contributed by atoms with E-state index in [9.17, 15) is 5.02 Å². The highest BCUT2D eigenvalue weighted by Crippen LogP contribution is 2.34. The molecular formula is C14H12BCl2NO3. The van der Waals surface area contributed by atoms with E-state index in [4.69, 9.17) is 38.3 Å². The van der Waals surface area contributed by atoms with Gasteiger partial charge in [0.1, 0.15) is 11.5 Å². The Kier molecular flexibility index (Phi) is 4.11. The second-order valence-electron chi connectivity index (χ2n) is 4.68. The van der Waals surface area contributed by atoms with E-state index in [2.05, 4.69) is 0 Å². The highest BCUT2D eigenvalue weighted by atomic mass is 35.5. The zero-order valence-electron chi connectivity index (χ0n) is 11.0. The van der Waals surface area contributed by atoms with Gasteiger partial charge in [-0.25, -0.2) is 0 Å². The van der Waals surface area contributed by atoms with Crippen LogP contribution in [0.2, 0.25) is 10.0 Å². The number of ether oxygens (including phenoxy) is 1. The summed E-state index contributed by atoms with van der Waals surface area (Å²) in [5.74, 6) is 0.895. The summed E-state index contributed by atoms with van der Waals surface area (Å²) >= 11 is 12.4. The van der Waals surface area contributed by atoms with Crippen molar-refractivity contribution in [3.63, 3.8) is 0 Å². The fourth-order valence-electron chi connectivity index (χ4n) is 2.21. The molecule has 2 aromatic rings. The maximum Gasteiger partial charge on any atom is 0.493 e. The molecule has 0 saturated heterocycles. The van der Waals surface area contributed by atoms with Crippen molar-refractivity contribution in [3.05, 3.63) is 51.5 Å². The van der Waals surface area contributed by atoms with E-state index in [0.29, 0.717) is 40.2 Å². The summed E-state index contributed by atoms with van der Waals surface area (Å²) in [6.07, 6.45) is 0. The van der Waals surface area contributed by atoms with Gasteiger partial charge in [0.2, 0.25) is 0 Å². The molecule has 1 aliphatic heterocycles. The normalized spacial score (nSPS) is 13.4. The summed E-state index contributed by atoms with van der Waals surface area (Å²) in [6, 6.07) is 8.86. The minimum atomic E-state index is -1.02. The zero-order valence-corrected chi connectivity index (χ0v) is 12.5. The Morgan fingerprint density at radius 1 is 1.24 bits per heavy atom. The van der Waals surface area contributed by atoms with Crippen LogP contribution in [-0.2, 0) is 17.8 Å². The van der Waals surface area contributed by atoms with E-state index >= 15 is 0 Å². The molecule has 0 saturated carbocycles. The lowest BCUT2D eigenvalue weighted by molar-refractivity contribution is 0.275. The first-order valence-electron chi connectivity index (χ1n) is 6.37. The van der Waals surface area contributed by atoms with Gasteiger partial charge in [0.25, 0.3) is 0 Å². The largest absolute Gasteiger partial charge is 0.493 e. The van der Waals surface area contributed by atoms with Crippen molar-refractivity contribution in [1.82, 2.24) is 0 Å². The standard InChI is InChI=1S/C14H12BCl2NO3/c16-10-5-8(6-18)1-3-11(10)21-12-4-2-9-7-20-15(19)13(9)14(12)17/h1-5,19H,6-7,18H2. The average molecular weight is 324 g/mol. The predicted molar refractivity (Wildman–Crippen MR) is 83.3 cm³/mol. The number of nitrogens with two attached hydrogens (primary N) is 1. The number of halogens is 2. The van der Waals surface area contributed by atoms with Crippen LogP contribution in [-0.4, -0.2) is 12.1 Å². The molecule has 0 aromatic heterocycles. The van der Waals surface area contributed by atoms with Gasteiger partial charge in [-0.15, -0.1) is 0 Å². The van der Waals surface area contributed by atoms with E-state index < -0.39 is 7.12 Å². The topological polar surface area (TPSA) is 64.7 Å². The van der Waals surface area contributed by atoms with Crippen molar-refractivity contribution in [2.24, 2.45) is 5.73 Å². The molecule has 108 valence electrons. The molecule has 0 amide bonds. The molecule has 0 bridgehead atoms. The van der Waals surface area contributed by atoms with Gasteiger partial charge in [0, 0.05) is 12.0 Å². The number of benzene rings is 2. The number of fused-ring (bicyclic) bond motifs is 1. The molecule has 2 aromatic carbocycles. The minimum Gasteiger partial charge on any atom is -0.454 e. The maximum absolute atomic E-state index is 9.77. The lowest BCUT2D eigenvalue weighted by Gasteiger charge is -2.12. The SMILES string of the molecule is NCc1ccc(Oc2ccc3c(c2Cl)B(O)OC3)c(Cl)c1. The summed E-state index contributed by atoms with van der Waals surface area (Å²) in [6.45, 7) is 0.742. The zero-order chi connectivity index (χ0) is 15.0. The summed E-state index contributed by atoms with van der Waals surface area (Å²) in [5.41, 5.74) is 7.87. The molecule has 0 atom stereocenters. The van der Waals surface area contributed by atoms with E-state index in [1.807, 2.05) is 12.1 Å². The Balaban J connectivity index is 1.94. The number of hydrogen-bond donors (Lipinski definition) is 2. The molecule has 0 fully saturated rings. The third-order valence-electron chi connectivity index (χ3n) is 3.33. The molecule has 1 heterocycles. The highest BCUT2D eigenvalue weighted by Gasteiger charge is 2.31. The lowest BCUT2D eigenvalue weighted by Crippen LogP contribution is -2.29. The van der Waals surface area contributed by atoms with Crippen molar-refractivity contribution in [2.45, 2.75) is 13.2 Å². The molecule has 0 spiro atoms. The molecule has 4 nitrogen and oxygen atoms in total. The van der Waals surface area contributed by atoms with Gasteiger partial charge in [-0.3, -0.25) is 0 Å². The van der Waals surface area contributed by atoms with Gasteiger partial charge < -0.3 is 20.1 Å². The molecular weight excluding hydrogens is 312 g/mol. The Hall–Kier alpha value is -1.24. The fourth-order valence-corrected chi connectivity index (χ4v) is 2.77. The third-order valence-corrected chi connectivity index (χ3v) is 4.02. The molecule has 7 heteroatoms. The predicted octanol–water partition coefficient (Wildman–Crippen LogP) is 2.46. The van der Waals surface area contributed by atoms with Gasteiger partial charge in [-0.1, -0.05) is 35.3 Å². The van der Waals surface area contributed by atoms with E-state index in [0.717, 1.165) is 11.1 Å². The van der Waals surface area contributed by atoms with Crippen LogP contribution in [0.1, 0.15) is 11.1 Å². The molecule has 21 heavy (non-hydrogen) atoms. The molecule has 1 aliphatic rings. The molecule has 0 radical (unpaired) electrons. The Morgan fingerprint density at radius 3 is 2.71 bits per heavy atom. The monoisotopic (exact) mass is 323 g/mol. The van der Waals surface area contributed by atoms with Gasteiger partial charge in [-0.05, 0) is 29.3 Å². The summed E-state index contributed by atoms with van der Waals surface area (Å²) < 4.78 is 10.9. The van der Waals surface area contributed by atoms with Crippen molar-refractivity contribution >= 4 is 35.8 Å². The minimum absolute atomic E-state index is 0.330. The van der Waals surface area contributed by atoms with Crippen LogP contribution >= 0.6 is 23.2 Å². The van der Waals surface area contributed by atoms with Crippen LogP contribution in [0.25, 0.3) is 0 Å². The van der Waals surface area contributed by atoms with Gasteiger partial charge >= 0.3 is 7.12 Å². The molecule has 3 rings (SSSR count). The van der Waals surface area contributed by atoms with Crippen molar-refractivity contribution in [2.75, 3.05) is 0 Å². The number of rotatable bonds is 3. The first kappa shape index (κ1) is 14.7. The lowest BCUT2D eigenvalue weighted by atomic mass is 9.79. The molecule has 0 unspecified atom stereocenters. The third kappa shape index (κ3) is 2.75. The second kappa shape index (κ2) is 5.87.